The van der Waals surface area contributed by atoms with Crippen LogP contribution in [-0.2, 0) is 0 Å². The van der Waals surface area contributed by atoms with Gasteiger partial charge in [-0.25, -0.2) is 9.37 Å². The van der Waals surface area contributed by atoms with Crippen molar-refractivity contribution in [2.75, 3.05) is 5.73 Å². The van der Waals surface area contributed by atoms with E-state index < -0.39 is 5.82 Å². The van der Waals surface area contributed by atoms with E-state index in [-0.39, 0.29) is 5.69 Å². The van der Waals surface area contributed by atoms with Crippen molar-refractivity contribution in [1.82, 2.24) is 4.98 Å². The monoisotopic (exact) mass is 234 g/mol. The molecule has 0 saturated carbocycles. The number of anilines is 1. The van der Waals surface area contributed by atoms with E-state index in [1.54, 1.807) is 18.3 Å². The highest BCUT2D eigenvalue weighted by Gasteiger charge is 2.02. The molecular formula is C12H11FN2S. The Morgan fingerprint density at radius 2 is 2.06 bits per heavy atom. The Morgan fingerprint density at radius 1 is 1.25 bits per heavy atom. The molecule has 1 aromatic carbocycles. The Labute approximate surface area is 97.7 Å². The number of nitrogens with zero attached hydrogens (tertiary/aromatic N) is 1. The van der Waals surface area contributed by atoms with E-state index in [2.05, 4.69) is 4.98 Å². The summed E-state index contributed by atoms with van der Waals surface area (Å²) in [6, 6.07) is 8.65. The first-order valence-corrected chi connectivity index (χ1v) is 5.62. The van der Waals surface area contributed by atoms with Crippen molar-refractivity contribution < 1.29 is 4.39 Å². The lowest BCUT2D eigenvalue weighted by Crippen LogP contribution is -1.89. The third-order valence-electron chi connectivity index (χ3n) is 2.08. The molecule has 1 heterocycles. The zero-order valence-electron chi connectivity index (χ0n) is 8.77. The Bertz CT molecular complexity index is 497. The summed E-state index contributed by atoms with van der Waals surface area (Å²) >= 11 is 1.41. The number of nitrogen functional groups attached to an aromatic ring is 1. The first-order valence-electron chi connectivity index (χ1n) is 4.81. The van der Waals surface area contributed by atoms with Crippen LogP contribution in [0, 0.1) is 12.7 Å². The molecule has 0 aliphatic heterocycles. The number of hydrogen-bond acceptors (Lipinski definition) is 3. The fourth-order valence-electron chi connectivity index (χ4n) is 1.21. The van der Waals surface area contributed by atoms with E-state index in [9.17, 15) is 4.39 Å². The molecule has 0 aliphatic carbocycles. The molecule has 2 nitrogen and oxygen atoms in total. The van der Waals surface area contributed by atoms with Gasteiger partial charge in [-0.05, 0) is 36.8 Å². The molecule has 0 unspecified atom stereocenters. The first kappa shape index (κ1) is 11.0. The van der Waals surface area contributed by atoms with Gasteiger partial charge in [0.1, 0.15) is 10.8 Å². The zero-order chi connectivity index (χ0) is 11.5. The summed E-state index contributed by atoms with van der Waals surface area (Å²) in [7, 11) is 0. The second kappa shape index (κ2) is 4.53. The molecular weight excluding hydrogens is 223 g/mol. The highest BCUT2D eigenvalue weighted by atomic mass is 32.2. The molecule has 0 bridgehead atoms. The van der Waals surface area contributed by atoms with Gasteiger partial charge in [0, 0.05) is 11.1 Å². The van der Waals surface area contributed by atoms with E-state index in [1.165, 1.54) is 17.8 Å². The summed E-state index contributed by atoms with van der Waals surface area (Å²) < 4.78 is 13.2. The molecule has 0 fully saturated rings. The number of pyridine rings is 1. The Hall–Kier alpha value is -1.55. The number of aromatic nitrogens is 1. The molecule has 4 heteroatoms. The van der Waals surface area contributed by atoms with Crippen LogP contribution in [0.3, 0.4) is 0 Å². The van der Waals surface area contributed by atoms with Gasteiger partial charge in [0.25, 0.3) is 0 Å². The van der Waals surface area contributed by atoms with Crippen molar-refractivity contribution in [3.8, 4) is 0 Å². The van der Waals surface area contributed by atoms with Crippen molar-refractivity contribution in [3.05, 3.63) is 47.9 Å². The summed E-state index contributed by atoms with van der Waals surface area (Å²) in [6.45, 7) is 1.98. The second-order valence-corrected chi connectivity index (χ2v) is 4.55. The van der Waals surface area contributed by atoms with E-state index in [4.69, 9.17) is 5.73 Å². The van der Waals surface area contributed by atoms with Gasteiger partial charge in [0.15, 0.2) is 0 Å². The standard InChI is InChI=1S/C12H11FN2S/c1-8-2-5-12(15-7-8)16-9-3-4-11(14)10(13)6-9/h2-7H,14H2,1H3. The number of aryl methyl sites for hydroxylation is 1. The maximum Gasteiger partial charge on any atom is 0.147 e. The molecule has 0 radical (unpaired) electrons. The molecule has 2 rings (SSSR count). The summed E-state index contributed by atoms with van der Waals surface area (Å²) in [5, 5.41) is 0.842. The molecule has 0 amide bonds. The topological polar surface area (TPSA) is 38.9 Å². The third-order valence-corrected chi connectivity index (χ3v) is 3.02. The van der Waals surface area contributed by atoms with Crippen LogP contribution in [0.1, 0.15) is 5.56 Å². The van der Waals surface area contributed by atoms with Crippen LogP contribution in [-0.4, -0.2) is 4.98 Å². The van der Waals surface area contributed by atoms with Crippen molar-refractivity contribution in [2.45, 2.75) is 16.8 Å². The summed E-state index contributed by atoms with van der Waals surface area (Å²) in [5.74, 6) is -0.392. The van der Waals surface area contributed by atoms with Gasteiger partial charge in [0.2, 0.25) is 0 Å². The number of hydrogen-bond donors (Lipinski definition) is 1. The fraction of sp³-hybridized carbons (Fsp3) is 0.0833. The van der Waals surface area contributed by atoms with Crippen molar-refractivity contribution in [3.63, 3.8) is 0 Å². The molecule has 1 aromatic heterocycles. The van der Waals surface area contributed by atoms with E-state index in [1.807, 2.05) is 19.1 Å². The van der Waals surface area contributed by atoms with Gasteiger partial charge in [-0.15, -0.1) is 0 Å². The number of halogens is 1. The van der Waals surface area contributed by atoms with E-state index in [0.717, 1.165) is 15.5 Å². The summed E-state index contributed by atoms with van der Waals surface area (Å²) in [4.78, 5) is 5.03. The van der Waals surface area contributed by atoms with Crippen LogP contribution in [0.5, 0.6) is 0 Å². The molecule has 16 heavy (non-hydrogen) atoms. The highest BCUT2D eigenvalue weighted by molar-refractivity contribution is 7.99. The van der Waals surface area contributed by atoms with E-state index >= 15 is 0 Å². The Morgan fingerprint density at radius 3 is 2.69 bits per heavy atom. The molecule has 2 aromatic rings. The lowest BCUT2D eigenvalue weighted by atomic mass is 10.3. The molecule has 2 N–H and O–H groups in total. The summed E-state index contributed by atoms with van der Waals surface area (Å²) in [6.07, 6.45) is 1.79. The predicted octanol–water partition coefficient (Wildman–Crippen LogP) is 3.26. The average molecular weight is 234 g/mol. The van der Waals surface area contributed by atoms with Crippen molar-refractivity contribution in [2.24, 2.45) is 0 Å². The Kier molecular flexibility index (Phi) is 3.10. The molecule has 0 saturated heterocycles. The van der Waals surface area contributed by atoms with Gasteiger partial charge in [-0.1, -0.05) is 17.8 Å². The largest absolute Gasteiger partial charge is 0.396 e. The van der Waals surface area contributed by atoms with E-state index in [0.29, 0.717) is 0 Å². The highest BCUT2D eigenvalue weighted by Crippen LogP contribution is 2.27. The zero-order valence-corrected chi connectivity index (χ0v) is 9.59. The minimum atomic E-state index is -0.392. The normalized spacial score (nSPS) is 10.4. The molecule has 82 valence electrons. The maximum absolute atomic E-state index is 13.2. The van der Waals surface area contributed by atoms with Crippen molar-refractivity contribution in [1.29, 1.82) is 0 Å². The van der Waals surface area contributed by atoms with Gasteiger partial charge in [0.05, 0.1) is 5.69 Å². The van der Waals surface area contributed by atoms with Crippen molar-refractivity contribution >= 4 is 17.4 Å². The molecule has 0 spiro atoms. The fourth-order valence-corrected chi connectivity index (χ4v) is 1.99. The maximum atomic E-state index is 13.2. The lowest BCUT2D eigenvalue weighted by Gasteiger charge is -2.02. The third kappa shape index (κ3) is 2.52. The number of rotatable bonds is 2. The number of nitrogens with two attached hydrogens (primary N) is 1. The van der Waals surface area contributed by atoms with Crippen LogP contribution in [0.2, 0.25) is 0 Å². The first-order chi connectivity index (χ1) is 7.65. The second-order valence-electron chi connectivity index (χ2n) is 3.46. The predicted molar refractivity (Wildman–Crippen MR) is 63.9 cm³/mol. The van der Waals surface area contributed by atoms with Gasteiger partial charge >= 0.3 is 0 Å². The Balaban J connectivity index is 2.20. The van der Waals surface area contributed by atoms with Gasteiger partial charge in [-0.2, -0.15) is 0 Å². The minimum Gasteiger partial charge on any atom is -0.396 e. The van der Waals surface area contributed by atoms with Gasteiger partial charge in [-0.3, -0.25) is 0 Å². The van der Waals surface area contributed by atoms with Crippen LogP contribution in [0.15, 0.2) is 46.5 Å². The van der Waals surface area contributed by atoms with Crippen LogP contribution < -0.4 is 5.73 Å². The smallest absolute Gasteiger partial charge is 0.147 e. The molecule has 0 atom stereocenters. The van der Waals surface area contributed by atoms with Crippen LogP contribution in [0.4, 0.5) is 10.1 Å². The van der Waals surface area contributed by atoms with Gasteiger partial charge < -0.3 is 5.73 Å². The quantitative estimate of drug-likeness (QED) is 0.810. The average Bonchev–Trinajstić information content (AvgIpc) is 2.27. The number of benzene rings is 1. The lowest BCUT2D eigenvalue weighted by molar-refractivity contribution is 0.629. The minimum absolute atomic E-state index is 0.168. The summed E-state index contributed by atoms with van der Waals surface area (Å²) in [5.41, 5.74) is 6.67. The molecule has 0 aliphatic rings. The van der Waals surface area contributed by atoms with Crippen LogP contribution >= 0.6 is 11.8 Å². The SMILES string of the molecule is Cc1ccc(Sc2ccc(N)c(F)c2)nc1. The van der Waals surface area contributed by atoms with Crippen LogP contribution in [0.25, 0.3) is 0 Å².